The molecule has 116 valence electrons. The van der Waals surface area contributed by atoms with Gasteiger partial charge in [0.05, 0.1) is 11.3 Å². The summed E-state index contributed by atoms with van der Waals surface area (Å²) >= 11 is 1.59. The molecule has 1 aromatic rings. The molecule has 0 saturated heterocycles. The molecule has 1 rings (SSSR count). The Morgan fingerprint density at radius 3 is 2.30 bits per heavy atom. The van der Waals surface area contributed by atoms with Crippen molar-refractivity contribution in [2.45, 2.75) is 52.0 Å². The first-order valence-corrected chi connectivity index (χ1v) is 9.44. The first-order chi connectivity index (χ1) is 9.24. The molecule has 2 unspecified atom stereocenters. The van der Waals surface area contributed by atoms with Gasteiger partial charge in [-0.05, 0) is 24.3 Å². The Bertz CT molecular complexity index is 481. The fourth-order valence-electron chi connectivity index (χ4n) is 1.80. The van der Waals surface area contributed by atoms with Crippen molar-refractivity contribution in [3.05, 3.63) is 22.4 Å². The van der Waals surface area contributed by atoms with Crippen LogP contribution in [0.2, 0.25) is 0 Å². The summed E-state index contributed by atoms with van der Waals surface area (Å²) in [7, 11) is -3.33. The third-order valence-electron chi connectivity index (χ3n) is 3.15. The van der Waals surface area contributed by atoms with Crippen molar-refractivity contribution in [1.29, 1.82) is 0 Å². The summed E-state index contributed by atoms with van der Waals surface area (Å²) in [6.07, 6.45) is 0. The first-order valence-electron chi connectivity index (χ1n) is 7.02. The zero-order valence-electron chi connectivity index (χ0n) is 12.9. The highest BCUT2D eigenvalue weighted by Crippen LogP contribution is 2.27. The molecule has 0 saturated carbocycles. The fraction of sp³-hybridized carbons (Fsp3) is 0.714. The highest BCUT2D eigenvalue weighted by molar-refractivity contribution is 7.90. The lowest BCUT2D eigenvalue weighted by molar-refractivity contribution is 0.461. The molecule has 20 heavy (non-hydrogen) atoms. The highest BCUT2D eigenvalue weighted by atomic mass is 32.2. The van der Waals surface area contributed by atoms with E-state index in [1.807, 2.05) is 45.2 Å². The van der Waals surface area contributed by atoms with E-state index in [9.17, 15) is 8.42 Å². The Kier molecular flexibility index (Phi) is 6.64. The van der Waals surface area contributed by atoms with Gasteiger partial charge in [-0.1, -0.05) is 33.8 Å². The smallest absolute Gasteiger partial charge is 0.216 e. The number of sulfonamides is 1. The quantitative estimate of drug-likeness (QED) is 0.775. The minimum absolute atomic E-state index is 0.151. The Labute approximate surface area is 127 Å². The van der Waals surface area contributed by atoms with E-state index in [1.54, 1.807) is 18.3 Å². The van der Waals surface area contributed by atoms with Crippen LogP contribution in [0.3, 0.4) is 0 Å². The predicted octanol–water partition coefficient (Wildman–Crippen LogP) is 2.75. The number of hydrogen-bond acceptors (Lipinski definition) is 4. The van der Waals surface area contributed by atoms with E-state index in [0.717, 1.165) is 4.88 Å². The normalized spacial score (nSPS) is 15.8. The molecule has 1 aromatic heterocycles. The van der Waals surface area contributed by atoms with Crippen LogP contribution < -0.4 is 10.0 Å². The summed E-state index contributed by atoms with van der Waals surface area (Å²) in [5, 5.41) is 4.69. The van der Waals surface area contributed by atoms with Gasteiger partial charge in [-0.3, -0.25) is 0 Å². The fourth-order valence-corrected chi connectivity index (χ4v) is 4.12. The topological polar surface area (TPSA) is 58.2 Å². The average molecular weight is 319 g/mol. The van der Waals surface area contributed by atoms with Crippen molar-refractivity contribution in [2.24, 2.45) is 5.92 Å². The van der Waals surface area contributed by atoms with Crippen LogP contribution in [0.25, 0.3) is 0 Å². The predicted molar refractivity (Wildman–Crippen MR) is 86.6 cm³/mol. The Hall–Kier alpha value is -0.430. The average Bonchev–Trinajstić information content (AvgIpc) is 2.86. The van der Waals surface area contributed by atoms with E-state index >= 15 is 0 Å². The van der Waals surface area contributed by atoms with E-state index in [4.69, 9.17) is 0 Å². The molecule has 2 atom stereocenters. The number of thiophene rings is 1. The molecule has 0 bridgehead atoms. The van der Waals surface area contributed by atoms with Gasteiger partial charge in [0.15, 0.2) is 0 Å². The number of hydrogen-bond donors (Lipinski definition) is 2. The van der Waals surface area contributed by atoms with E-state index in [-0.39, 0.29) is 18.0 Å². The first kappa shape index (κ1) is 17.6. The lowest BCUT2D eigenvalue weighted by Crippen LogP contribution is -2.42. The Morgan fingerprint density at radius 2 is 1.85 bits per heavy atom. The number of nitrogens with one attached hydrogen (secondary N) is 2. The van der Waals surface area contributed by atoms with Gasteiger partial charge in [-0.25, -0.2) is 13.1 Å². The molecular formula is C14H26N2O2S2. The molecule has 0 spiro atoms. The standard InChI is InChI=1S/C14H26N2O2S2/c1-10(2)14(13-7-6-8-19-13)16-20(17,18)12(5)9-15-11(3)4/h6-8,10-12,14-16H,9H2,1-5H3. The van der Waals surface area contributed by atoms with Crippen molar-refractivity contribution in [3.63, 3.8) is 0 Å². The van der Waals surface area contributed by atoms with Crippen molar-refractivity contribution in [3.8, 4) is 0 Å². The molecule has 0 radical (unpaired) electrons. The van der Waals surface area contributed by atoms with Gasteiger partial charge in [-0.15, -0.1) is 11.3 Å². The molecule has 1 heterocycles. The molecule has 2 N–H and O–H groups in total. The van der Waals surface area contributed by atoms with Crippen LogP contribution in [-0.4, -0.2) is 26.3 Å². The monoisotopic (exact) mass is 318 g/mol. The van der Waals surface area contributed by atoms with Crippen molar-refractivity contribution in [1.82, 2.24) is 10.0 Å². The second-order valence-electron chi connectivity index (χ2n) is 5.77. The van der Waals surface area contributed by atoms with Crippen LogP contribution in [0.5, 0.6) is 0 Å². The van der Waals surface area contributed by atoms with Gasteiger partial charge in [0.1, 0.15) is 0 Å². The van der Waals surface area contributed by atoms with E-state index in [2.05, 4.69) is 10.0 Å². The maximum atomic E-state index is 12.4. The summed E-state index contributed by atoms with van der Waals surface area (Å²) in [6.45, 7) is 10.3. The van der Waals surface area contributed by atoms with Crippen LogP contribution in [0, 0.1) is 5.92 Å². The van der Waals surface area contributed by atoms with Gasteiger partial charge in [0, 0.05) is 17.5 Å². The molecular weight excluding hydrogens is 292 g/mol. The molecule has 0 aliphatic rings. The Balaban J connectivity index is 2.77. The lowest BCUT2D eigenvalue weighted by atomic mass is 10.0. The van der Waals surface area contributed by atoms with Gasteiger partial charge in [-0.2, -0.15) is 0 Å². The van der Waals surface area contributed by atoms with Gasteiger partial charge < -0.3 is 5.32 Å². The zero-order valence-corrected chi connectivity index (χ0v) is 14.5. The van der Waals surface area contributed by atoms with Crippen LogP contribution in [-0.2, 0) is 10.0 Å². The molecule has 6 heteroatoms. The molecule has 0 aliphatic heterocycles. The van der Waals surface area contributed by atoms with Crippen LogP contribution in [0.1, 0.15) is 45.5 Å². The third kappa shape index (κ3) is 5.16. The lowest BCUT2D eigenvalue weighted by Gasteiger charge is -2.24. The van der Waals surface area contributed by atoms with Crippen molar-refractivity contribution < 1.29 is 8.42 Å². The van der Waals surface area contributed by atoms with Crippen LogP contribution in [0.15, 0.2) is 17.5 Å². The zero-order chi connectivity index (χ0) is 15.3. The third-order valence-corrected chi connectivity index (χ3v) is 5.91. The molecule has 0 amide bonds. The summed E-state index contributed by atoms with van der Waals surface area (Å²) in [6, 6.07) is 4.06. The highest BCUT2D eigenvalue weighted by Gasteiger charge is 2.27. The molecule has 0 aliphatic carbocycles. The number of rotatable bonds is 8. The van der Waals surface area contributed by atoms with E-state index in [0.29, 0.717) is 6.54 Å². The molecule has 0 aromatic carbocycles. The van der Waals surface area contributed by atoms with Crippen LogP contribution in [0.4, 0.5) is 0 Å². The second kappa shape index (κ2) is 7.54. The van der Waals surface area contributed by atoms with Crippen molar-refractivity contribution in [2.75, 3.05) is 6.54 Å². The van der Waals surface area contributed by atoms with E-state index in [1.165, 1.54) is 0 Å². The van der Waals surface area contributed by atoms with Crippen LogP contribution >= 0.6 is 11.3 Å². The summed E-state index contributed by atoms with van der Waals surface area (Å²) in [4.78, 5) is 1.06. The van der Waals surface area contributed by atoms with Gasteiger partial charge >= 0.3 is 0 Å². The molecule has 4 nitrogen and oxygen atoms in total. The Morgan fingerprint density at radius 1 is 1.20 bits per heavy atom. The summed E-state index contributed by atoms with van der Waals surface area (Å²) in [5.41, 5.74) is 0. The SMILES string of the molecule is CC(C)NCC(C)S(=O)(=O)NC(c1cccs1)C(C)C. The maximum absolute atomic E-state index is 12.4. The second-order valence-corrected chi connectivity index (χ2v) is 8.88. The minimum Gasteiger partial charge on any atom is -0.313 e. The minimum atomic E-state index is -3.33. The summed E-state index contributed by atoms with van der Waals surface area (Å²) in [5.74, 6) is 0.216. The van der Waals surface area contributed by atoms with E-state index < -0.39 is 15.3 Å². The van der Waals surface area contributed by atoms with Gasteiger partial charge in [0.2, 0.25) is 10.0 Å². The molecule has 0 fully saturated rings. The summed E-state index contributed by atoms with van der Waals surface area (Å²) < 4.78 is 27.7. The maximum Gasteiger partial charge on any atom is 0.216 e. The van der Waals surface area contributed by atoms with Gasteiger partial charge in [0.25, 0.3) is 0 Å². The van der Waals surface area contributed by atoms with Crippen molar-refractivity contribution >= 4 is 21.4 Å². The largest absolute Gasteiger partial charge is 0.313 e.